The molecule has 1 atom stereocenters. The minimum absolute atomic E-state index is 0.0196. The van der Waals surface area contributed by atoms with Crippen LogP contribution >= 0.6 is 0 Å². The smallest absolute Gasteiger partial charge is 0.295 e. The largest absolute Gasteiger partial charge is 0.507 e. The number of carbonyl (C=O) groups is 2. The number of carbonyl (C=O) groups excluding carboxylic acids is 2. The molecule has 0 bridgehead atoms. The summed E-state index contributed by atoms with van der Waals surface area (Å²) in [7, 11) is 0. The molecule has 2 heterocycles. The molecule has 1 unspecified atom stereocenters. The average Bonchev–Trinajstić information content (AvgIpc) is 3.12. The van der Waals surface area contributed by atoms with Crippen molar-refractivity contribution >= 4 is 17.4 Å². The Labute approximate surface area is 203 Å². The van der Waals surface area contributed by atoms with Crippen molar-refractivity contribution in [1.29, 1.82) is 0 Å². The standard InChI is InChI=1S/C28H27FN2O4/c1-18(2)17-35-22-7-5-6-20(16-22)26(32)24-25(23-8-3-4-14-30-23)31(28(34)27(24)33)15-13-19-9-11-21(29)12-10-19/h3-12,14,16,18,25,32H,13,15,17H2,1-2H3/b26-24-. The van der Waals surface area contributed by atoms with E-state index in [1.54, 1.807) is 60.8 Å². The third kappa shape index (κ3) is 5.40. The number of amides is 1. The zero-order valence-corrected chi connectivity index (χ0v) is 19.6. The fourth-order valence-corrected chi connectivity index (χ4v) is 4.01. The Morgan fingerprint density at radius 1 is 1.09 bits per heavy atom. The van der Waals surface area contributed by atoms with Gasteiger partial charge in [-0.1, -0.05) is 44.2 Å². The van der Waals surface area contributed by atoms with Gasteiger partial charge in [-0.3, -0.25) is 14.6 Å². The lowest BCUT2D eigenvalue weighted by molar-refractivity contribution is -0.139. The molecule has 3 aromatic rings. The van der Waals surface area contributed by atoms with E-state index in [-0.39, 0.29) is 23.7 Å². The number of Topliss-reactive ketones (excluding diaryl/α,β-unsaturated/α-hetero) is 1. The fourth-order valence-electron chi connectivity index (χ4n) is 4.01. The second-order valence-electron chi connectivity index (χ2n) is 8.86. The Kier molecular flexibility index (Phi) is 7.25. The quantitative estimate of drug-likeness (QED) is 0.285. The normalized spacial score (nSPS) is 17.3. The average molecular weight is 475 g/mol. The van der Waals surface area contributed by atoms with Gasteiger partial charge in [0.2, 0.25) is 0 Å². The van der Waals surface area contributed by atoms with Crippen LogP contribution in [0.1, 0.15) is 36.7 Å². The van der Waals surface area contributed by atoms with Crippen molar-refractivity contribution in [1.82, 2.24) is 9.88 Å². The first-order valence-corrected chi connectivity index (χ1v) is 11.5. The van der Waals surface area contributed by atoms with E-state index in [2.05, 4.69) is 4.98 Å². The molecule has 0 saturated carbocycles. The fraction of sp³-hybridized carbons (Fsp3) is 0.250. The van der Waals surface area contributed by atoms with Crippen molar-refractivity contribution in [3.05, 3.63) is 101 Å². The summed E-state index contributed by atoms with van der Waals surface area (Å²) in [6, 6.07) is 17.2. The second kappa shape index (κ2) is 10.5. The highest BCUT2D eigenvalue weighted by molar-refractivity contribution is 6.46. The Morgan fingerprint density at radius 3 is 2.54 bits per heavy atom. The maximum atomic E-state index is 13.3. The molecule has 1 saturated heterocycles. The van der Waals surface area contributed by atoms with E-state index < -0.39 is 17.7 Å². The number of ether oxygens (including phenoxy) is 1. The monoisotopic (exact) mass is 474 g/mol. The highest BCUT2D eigenvalue weighted by Gasteiger charge is 2.46. The Balaban J connectivity index is 1.71. The van der Waals surface area contributed by atoms with Gasteiger partial charge in [0.15, 0.2) is 0 Å². The van der Waals surface area contributed by atoms with Crippen LogP contribution in [0.2, 0.25) is 0 Å². The van der Waals surface area contributed by atoms with E-state index in [0.717, 1.165) is 5.56 Å². The van der Waals surface area contributed by atoms with Crippen LogP contribution in [0.3, 0.4) is 0 Å². The number of aliphatic hydroxyl groups excluding tert-OH is 1. The van der Waals surface area contributed by atoms with Gasteiger partial charge in [0.05, 0.1) is 17.9 Å². The van der Waals surface area contributed by atoms with Gasteiger partial charge in [0.1, 0.15) is 23.4 Å². The van der Waals surface area contributed by atoms with Gasteiger partial charge in [0, 0.05) is 18.3 Å². The first kappa shape index (κ1) is 24.1. The number of nitrogens with zero attached hydrogens (tertiary/aromatic N) is 2. The van der Waals surface area contributed by atoms with Crippen molar-refractivity contribution in [2.45, 2.75) is 26.3 Å². The van der Waals surface area contributed by atoms with Crippen LogP contribution in [-0.4, -0.2) is 39.8 Å². The van der Waals surface area contributed by atoms with E-state index in [1.165, 1.54) is 17.0 Å². The highest BCUT2D eigenvalue weighted by Crippen LogP contribution is 2.39. The number of rotatable bonds is 8. The molecule has 0 radical (unpaired) electrons. The van der Waals surface area contributed by atoms with Gasteiger partial charge in [-0.25, -0.2) is 4.39 Å². The molecule has 1 N–H and O–H groups in total. The number of hydrogen-bond donors (Lipinski definition) is 1. The molecule has 6 nitrogen and oxygen atoms in total. The van der Waals surface area contributed by atoms with E-state index in [9.17, 15) is 19.1 Å². The number of halogens is 1. The topological polar surface area (TPSA) is 79.7 Å². The lowest BCUT2D eigenvalue weighted by atomic mass is 9.98. The highest BCUT2D eigenvalue weighted by atomic mass is 19.1. The number of hydrogen-bond acceptors (Lipinski definition) is 5. The van der Waals surface area contributed by atoms with E-state index in [0.29, 0.717) is 36.0 Å². The molecule has 1 amide bonds. The summed E-state index contributed by atoms with van der Waals surface area (Å²) in [5.41, 5.74) is 1.65. The van der Waals surface area contributed by atoms with Crippen LogP contribution in [0.4, 0.5) is 4.39 Å². The molecule has 2 aromatic carbocycles. The van der Waals surface area contributed by atoms with Crippen LogP contribution in [0.15, 0.2) is 78.5 Å². The maximum Gasteiger partial charge on any atom is 0.295 e. The molecule has 1 fully saturated rings. The van der Waals surface area contributed by atoms with Crippen LogP contribution in [0, 0.1) is 11.7 Å². The minimum Gasteiger partial charge on any atom is -0.507 e. The third-order valence-electron chi connectivity index (χ3n) is 5.75. The summed E-state index contributed by atoms with van der Waals surface area (Å²) in [6.07, 6.45) is 1.99. The van der Waals surface area contributed by atoms with Crippen LogP contribution in [0.25, 0.3) is 5.76 Å². The molecule has 4 rings (SSSR count). The Bertz CT molecular complexity index is 1240. The van der Waals surface area contributed by atoms with Crippen molar-refractivity contribution in [2.24, 2.45) is 5.92 Å². The lowest BCUT2D eigenvalue weighted by Crippen LogP contribution is -2.32. The molecule has 1 aliphatic rings. The predicted octanol–water partition coefficient (Wildman–Crippen LogP) is 4.92. The number of ketones is 1. The van der Waals surface area contributed by atoms with Gasteiger partial charge in [0.25, 0.3) is 11.7 Å². The number of aliphatic hydroxyl groups is 1. The molecule has 0 aliphatic carbocycles. The molecule has 180 valence electrons. The van der Waals surface area contributed by atoms with Crippen LogP contribution < -0.4 is 4.74 Å². The van der Waals surface area contributed by atoms with Crippen LogP contribution in [0.5, 0.6) is 5.75 Å². The molecule has 1 aliphatic heterocycles. The van der Waals surface area contributed by atoms with Crippen LogP contribution in [-0.2, 0) is 16.0 Å². The summed E-state index contributed by atoms with van der Waals surface area (Å²) in [5, 5.41) is 11.2. The number of pyridine rings is 1. The van der Waals surface area contributed by atoms with E-state index >= 15 is 0 Å². The Morgan fingerprint density at radius 2 is 1.86 bits per heavy atom. The van der Waals surface area contributed by atoms with Crippen molar-refractivity contribution in [3.63, 3.8) is 0 Å². The summed E-state index contributed by atoms with van der Waals surface area (Å²) in [6.45, 7) is 4.77. The molecule has 35 heavy (non-hydrogen) atoms. The third-order valence-corrected chi connectivity index (χ3v) is 5.75. The summed E-state index contributed by atoms with van der Waals surface area (Å²) in [4.78, 5) is 32.0. The predicted molar refractivity (Wildman–Crippen MR) is 130 cm³/mol. The molecule has 0 spiro atoms. The number of likely N-dealkylation sites (tertiary alicyclic amines) is 1. The lowest BCUT2D eigenvalue weighted by Gasteiger charge is -2.24. The van der Waals surface area contributed by atoms with E-state index in [1.807, 2.05) is 13.8 Å². The molecule has 1 aromatic heterocycles. The van der Waals surface area contributed by atoms with Gasteiger partial charge in [-0.05, 0) is 54.3 Å². The Hall–Kier alpha value is -4.00. The second-order valence-corrected chi connectivity index (χ2v) is 8.86. The van der Waals surface area contributed by atoms with Gasteiger partial charge in [-0.15, -0.1) is 0 Å². The minimum atomic E-state index is -0.850. The van der Waals surface area contributed by atoms with Crippen molar-refractivity contribution < 1.29 is 23.8 Å². The van der Waals surface area contributed by atoms with Gasteiger partial charge in [-0.2, -0.15) is 0 Å². The molecule has 7 heteroatoms. The summed E-state index contributed by atoms with van der Waals surface area (Å²) >= 11 is 0. The van der Waals surface area contributed by atoms with E-state index in [4.69, 9.17) is 4.74 Å². The van der Waals surface area contributed by atoms with Crippen molar-refractivity contribution in [3.8, 4) is 5.75 Å². The molecular weight excluding hydrogens is 447 g/mol. The number of benzene rings is 2. The maximum absolute atomic E-state index is 13.3. The van der Waals surface area contributed by atoms with Gasteiger partial charge >= 0.3 is 0 Å². The summed E-state index contributed by atoms with van der Waals surface area (Å²) < 4.78 is 19.0. The first-order valence-electron chi connectivity index (χ1n) is 11.5. The number of aromatic nitrogens is 1. The zero-order valence-electron chi connectivity index (χ0n) is 19.6. The van der Waals surface area contributed by atoms with Crippen molar-refractivity contribution in [2.75, 3.05) is 13.2 Å². The zero-order chi connectivity index (χ0) is 24.9. The first-order chi connectivity index (χ1) is 16.8. The summed E-state index contributed by atoms with van der Waals surface area (Å²) in [5.74, 6) is -1.23. The SMILES string of the molecule is CC(C)COc1cccc(/C(O)=C2/C(=O)C(=O)N(CCc3ccc(F)cc3)C2c2ccccn2)c1. The van der Waals surface area contributed by atoms with Gasteiger partial charge < -0.3 is 14.7 Å². The molecular formula is C28H27FN2O4.